The van der Waals surface area contributed by atoms with E-state index >= 15 is 0 Å². The van der Waals surface area contributed by atoms with E-state index in [1.54, 1.807) is 60.9 Å². The average molecular weight is 458 g/mol. The Balaban J connectivity index is 1.50. The third-order valence-electron chi connectivity index (χ3n) is 5.25. The van der Waals surface area contributed by atoms with Crippen LogP contribution in [0.5, 0.6) is 0 Å². The van der Waals surface area contributed by atoms with Gasteiger partial charge in [-0.2, -0.15) is 0 Å². The van der Waals surface area contributed by atoms with Crippen LogP contribution in [0.1, 0.15) is 16.8 Å². The number of halogens is 1. The van der Waals surface area contributed by atoms with Gasteiger partial charge in [-0.15, -0.1) is 0 Å². The largest absolute Gasteiger partial charge is 0.323 e. The standard InChI is InChI=1S/C24H16ClN5O3/c25-23-18(2-1-10-27-23)24(33)28-15-4-6-16(7-5-15)30-19-8-3-14-13-26-11-9-17(14)22(19)29-20(31)12-21(30)32/h1-11,13H,12H2,(H,28,33)(H,29,31). The van der Waals surface area contributed by atoms with Crippen molar-refractivity contribution >= 4 is 62.8 Å². The van der Waals surface area contributed by atoms with Crippen LogP contribution < -0.4 is 15.5 Å². The van der Waals surface area contributed by atoms with E-state index in [0.29, 0.717) is 22.7 Å². The predicted molar refractivity (Wildman–Crippen MR) is 126 cm³/mol. The molecule has 0 bridgehead atoms. The first-order chi connectivity index (χ1) is 16.0. The number of hydrogen-bond donors (Lipinski definition) is 2. The first-order valence-electron chi connectivity index (χ1n) is 10.0. The minimum atomic E-state index is -0.396. The molecular weight excluding hydrogens is 442 g/mol. The molecule has 0 saturated heterocycles. The molecule has 0 saturated carbocycles. The molecule has 2 aromatic heterocycles. The van der Waals surface area contributed by atoms with Gasteiger partial charge < -0.3 is 10.6 Å². The van der Waals surface area contributed by atoms with Crippen LogP contribution in [0.4, 0.5) is 22.7 Å². The number of hydrogen-bond acceptors (Lipinski definition) is 5. The van der Waals surface area contributed by atoms with E-state index in [0.717, 1.165) is 10.8 Å². The van der Waals surface area contributed by atoms with Gasteiger partial charge in [-0.1, -0.05) is 17.7 Å². The van der Waals surface area contributed by atoms with Crippen molar-refractivity contribution in [1.29, 1.82) is 0 Å². The summed E-state index contributed by atoms with van der Waals surface area (Å²) >= 11 is 5.99. The van der Waals surface area contributed by atoms with Crippen LogP contribution in [0.25, 0.3) is 10.8 Å². The molecule has 0 fully saturated rings. The summed E-state index contributed by atoms with van der Waals surface area (Å²) in [5.41, 5.74) is 2.44. The minimum absolute atomic E-state index is 0.109. The zero-order chi connectivity index (χ0) is 22.9. The van der Waals surface area contributed by atoms with Gasteiger partial charge in [0.1, 0.15) is 11.6 Å². The lowest BCUT2D eigenvalue weighted by Gasteiger charge is -2.23. The second-order valence-electron chi connectivity index (χ2n) is 7.35. The normalized spacial score (nSPS) is 13.3. The number of rotatable bonds is 3. The Hall–Kier alpha value is -4.30. The Labute approximate surface area is 193 Å². The van der Waals surface area contributed by atoms with Gasteiger partial charge in [0.25, 0.3) is 5.91 Å². The van der Waals surface area contributed by atoms with E-state index in [1.165, 1.54) is 11.1 Å². The highest BCUT2D eigenvalue weighted by molar-refractivity contribution is 6.33. The molecule has 33 heavy (non-hydrogen) atoms. The topological polar surface area (TPSA) is 104 Å². The first-order valence-corrected chi connectivity index (χ1v) is 10.4. The number of pyridine rings is 2. The van der Waals surface area contributed by atoms with Crippen LogP contribution in [0.2, 0.25) is 5.15 Å². The molecule has 2 N–H and O–H groups in total. The van der Waals surface area contributed by atoms with Crippen molar-refractivity contribution in [3.05, 3.63) is 83.9 Å². The predicted octanol–water partition coefficient (Wildman–Crippen LogP) is 4.54. The van der Waals surface area contributed by atoms with Gasteiger partial charge in [0.15, 0.2) is 0 Å². The second kappa shape index (κ2) is 8.33. The van der Waals surface area contributed by atoms with Crippen molar-refractivity contribution in [3.8, 4) is 0 Å². The SMILES string of the molecule is O=C1CC(=O)N(c2ccc(NC(=O)c3cccnc3Cl)cc2)c2ccc3cnccc3c2N1. The monoisotopic (exact) mass is 457 g/mol. The van der Waals surface area contributed by atoms with Gasteiger partial charge >= 0.3 is 0 Å². The third kappa shape index (κ3) is 3.88. The van der Waals surface area contributed by atoms with Gasteiger partial charge in [0, 0.05) is 40.7 Å². The first kappa shape index (κ1) is 20.6. The Morgan fingerprint density at radius 1 is 1.03 bits per heavy atom. The fourth-order valence-electron chi connectivity index (χ4n) is 3.74. The maximum Gasteiger partial charge on any atom is 0.258 e. The summed E-state index contributed by atoms with van der Waals surface area (Å²) in [4.78, 5) is 47.4. The van der Waals surface area contributed by atoms with Crippen LogP contribution in [0, 0.1) is 0 Å². The second-order valence-corrected chi connectivity index (χ2v) is 7.71. The molecule has 0 aliphatic carbocycles. The van der Waals surface area contributed by atoms with Gasteiger partial charge in [-0.25, -0.2) is 4.98 Å². The maximum atomic E-state index is 13.0. The van der Waals surface area contributed by atoms with Crippen molar-refractivity contribution in [3.63, 3.8) is 0 Å². The summed E-state index contributed by atoms with van der Waals surface area (Å²) in [5.74, 6) is -1.14. The highest BCUT2D eigenvalue weighted by Gasteiger charge is 2.28. The van der Waals surface area contributed by atoms with Crippen LogP contribution in [0.3, 0.4) is 0 Å². The number of benzene rings is 2. The molecule has 0 spiro atoms. The Morgan fingerprint density at radius 2 is 1.85 bits per heavy atom. The van der Waals surface area contributed by atoms with Crippen molar-refractivity contribution in [2.24, 2.45) is 0 Å². The maximum absolute atomic E-state index is 13.0. The van der Waals surface area contributed by atoms with Crippen molar-refractivity contribution in [2.45, 2.75) is 6.42 Å². The molecule has 162 valence electrons. The van der Waals surface area contributed by atoms with Gasteiger partial charge in [-0.3, -0.25) is 24.3 Å². The zero-order valence-electron chi connectivity index (χ0n) is 17.1. The van der Waals surface area contributed by atoms with Crippen molar-refractivity contribution in [1.82, 2.24) is 9.97 Å². The molecule has 1 aliphatic rings. The van der Waals surface area contributed by atoms with Crippen LogP contribution in [-0.4, -0.2) is 27.7 Å². The number of nitrogens with one attached hydrogen (secondary N) is 2. The van der Waals surface area contributed by atoms with Gasteiger partial charge in [-0.05, 0) is 48.5 Å². The Kier molecular flexibility index (Phi) is 5.20. The summed E-state index contributed by atoms with van der Waals surface area (Å²) in [6.07, 6.45) is 4.55. The van der Waals surface area contributed by atoms with Crippen molar-refractivity contribution in [2.75, 3.05) is 15.5 Å². The highest BCUT2D eigenvalue weighted by atomic mass is 35.5. The van der Waals surface area contributed by atoms with Crippen LogP contribution >= 0.6 is 11.6 Å². The summed E-state index contributed by atoms with van der Waals surface area (Å²) in [7, 11) is 0. The molecule has 8 nitrogen and oxygen atoms in total. The van der Waals surface area contributed by atoms with E-state index in [9.17, 15) is 14.4 Å². The summed E-state index contributed by atoms with van der Waals surface area (Å²) in [6.45, 7) is 0. The molecule has 3 amide bonds. The number of aromatic nitrogens is 2. The van der Waals surface area contributed by atoms with E-state index in [4.69, 9.17) is 11.6 Å². The fraction of sp³-hybridized carbons (Fsp3) is 0.0417. The van der Waals surface area contributed by atoms with Crippen LogP contribution in [0.15, 0.2) is 73.2 Å². The highest BCUT2D eigenvalue weighted by Crippen LogP contribution is 2.39. The minimum Gasteiger partial charge on any atom is -0.323 e. The molecule has 1 aliphatic heterocycles. The molecule has 3 heterocycles. The van der Waals surface area contributed by atoms with E-state index in [1.807, 2.05) is 6.07 Å². The molecule has 0 radical (unpaired) electrons. The molecule has 4 aromatic rings. The summed E-state index contributed by atoms with van der Waals surface area (Å²) in [6, 6.07) is 15.4. The number of carbonyl (C=O) groups excluding carboxylic acids is 3. The molecule has 0 unspecified atom stereocenters. The lowest BCUT2D eigenvalue weighted by molar-refractivity contribution is -0.124. The quantitative estimate of drug-likeness (QED) is 0.347. The summed E-state index contributed by atoms with van der Waals surface area (Å²) in [5, 5.41) is 7.35. The average Bonchev–Trinajstić information content (AvgIpc) is 2.94. The van der Waals surface area contributed by atoms with E-state index in [-0.39, 0.29) is 29.0 Å². The van der Waals surface area contributed by atoms with Crippen molar-refractivity contribution < 1.29 is 14.4 Å². The lowest BCUT2D eigenvalue weighted by Crippen LogP contribution is -2.26. The zero-order valence-corrected chi connectivity index (χ0v) is 17.8. The van der Waals surface area contributed by atoms with Gasteiger partial charge in [0.05, 0.1) is 16.9 Å². The number of anilines is 4. The van der Waals surface area contributed by atoms with Crippen LogP contribution in [-0.2, 0) is 9.59 Å². The van der Waals surface area contributed by atoms with Gasteiger partial charge in [0.2, 0.25) is 11.8 Å². The van der Waals surface area contributed by atoms with E-state index in [2.05, 4.69) is 20.6 Å². The number of nitrogens with zero attached hydrogens (tertiary/aromatic N) is 3. The molecule has 2 aromatic carbocycles. The number of carbonyl (C=O) groups is 3. The smallest absolute Gasteiger partial charge is 0.258 e. The van der Waals surface area contributed by atoms with E-state index < -0.39 is 5.91 Å². The summed E-state index contributed by atoms with van der Waals surface area (Å²) < 4.78 is 0. The molecular formula is C24H16ClN5O3. The molecule has 5 rings (SSSR count). The number of fused-ring (bicyclic) bond motifs is 3. The Bertz CT molecular complexity index is 1420. The molecule has 9 heteroatoms. The molecule has 0 atom stereocenters. The number of amides is 3. The third-order valence-corrected chi connectivity index (χ3v) is 5.55. The lowest BCUT2D eigenvalue weighted by atomic mass is 10.1. The fourth-order valence-corrected chi connectivity index (χ4v) is 3.95. The Morgan fingerprint density at radius 3 is 2.64 bits per heavy atom.